The van der Waals surface area contributed by atoms with Gasteiger partial charge in [0.05, 0.1) is 0 Å². The molecular formula is C23H28N2O2. The standard InChI is InChI=1S/C23H28N2O2/c26-22-7-3-6-20(16-22)19-8-12-24(13-9-19)14-11-23(27)25-15-10-18-4-1-2-5-21(18)17-25/h1-7,16,19,26H,8-15,17H2. The van der Waals surface area contributed by atoms with Crippen LogP contribution in [0.5, 0.6) is 5.75 Å². The van der Waals surface area contributed by atoms with Crippen LogP contribution in [0.4, 0.5) is 0 Å². The second-order valence-electron chi connectivity index (χ2n) is 7.79. The summed E-state index contributed by atoms with van der Waals surface area (Å²) in [6, 6.07) is 16.1. The number of nitrogens with zero attached hydrogens (tertiary/aromatic N) is 2. The Bertz CT molecular complexity index is 796. The van der Waals surface area contributed by atoms with Gasteiger partial charge < -0.3 is 14.9 Å². The van der Waals surface area contributed by atoms with Crippen LogP contribution in [-0.2, 0) is 17.8 Å². The van der Waals surface area contributed by atoms with Crippen molar-refractivity contribution in [3.63, 3.8) is 0 Å². The molecule has 1 saturated heterocycles. The van der Waals surface area contributed by atoms with Gasteiger partial charge >= 0.3 is 0 Å². The number of aromatic hydroxyl groups is 1. The third kappa shape index (κ3) is 4.33. The van der Waals surface area contributed by atoms with E-state index in [0.717, 1.165) is 52.0 Å². The van der Waals surface area contributed by atoms with Gasteiger partial charge in [-0.15, -0.1) is 0 Å². The number of phenolic OH excluding ortho intramolecular Hbond substituents is 1. The van der Waals surface area contributed by atoms with E-state index in [9.17, 15) is 9.90 Å². The predicted octanol–water partition coefficient (Wildman–Crippen LogP) is 3.55. The molecule has 4 nitrogen and oxygen atoms in total. The Balaban J connectivity index is 1.24. The largest absolute Gasteiger partial charge is 0.508 e. The number of fused-ring (bicyclic) bond motifs is 1. The molecule has 27 heavy (non-hydrogen) atoms. The van der Waals surface area contributed by atoms with Crippen LogP contribution in [0.3, 0.4) is 0 Å². The molecule has 4 heteroatoms. The Morgan fingerprint density at radius 3 is 2.56 bits per heavy atom. The zero-order chi connectivity index (χ0) is 18.6. The molecule has 0 saturated carbocycles. The van der Waals surface area contributed by atoms with E-state index in [0.29, 0.717) is 18.1 Å². The molecule has 2 aliphatic rings. The molecule has 0 spiro atoms. The van der Waals surface area contributed by atoms with Crippen LogP contribution in [0.2, 0.25) is 0 Å². The first kappa shape index (κ1) is 18.1. The highest BCUT2D eigenvalue weighted by atomic mass is 16.3. The van der Waals surface area contributed by atoms with Gasteiger partial charge in [-0.25, -0.2) is 0 Å². The van der Waals surface area contributed by atoms with E-state index in [1.807, 2.05) is 17.0 Å². The summed E-state index contributed by atoms with van der Waals surface area (Å²) in [5.41, 5.74) is 3.91. The number of piperidine rings is 1. The molecule has 0 aliphatic carbocycles. The van der Waals surface area contributed by atoms with Gasteiger partial charge in [0.25, 0.3) is 0 Å². The average Bonchev–Trinajstić information content (AvgIpc) is 2.72. The molecule has 142 valence electrons. The number of benzene rings is 2. The monoisotopic (exact) mass is 364 g/mol. The van der Waals surface area contributed by atoms with Crippen molar-refractivity contribution >= 4 is 5.91 Å². The molecule has 0 unspecified atom stereocenters. The van der Waals surface area contributed by atoms with Gasteiger partial charge in [-0.05, 0) is 67.1 Å². The minimum atomic E-state index is 0.277. The van der Waals surface area contributed by atoms with Gasteiger partial charge in [-0.1, -0.05) is 36.4 Å². The van der Waals surface area contributed by atoms with Crippen LogP contribution >= 0.6 is 0 Å². The first-order valence-corrected chi connectivity index (χ1v) is 10.0. The van der Waals surface area contributed by atoms with E-state index < -0.39 is 0 Å². The number of carbonyl (C=O) groups is 1. The van der Waals surface area contributed by atoms with Crippen molar-refractivity contribution in [2.45, 2.75) is 38.1 Å². The normalized spacial score (nSPS) is 18.3. The van der Waals surface area contributed by atoms with Gasteiger partial charge in [-0.3, -0.25) is 4.79 Å². The molecule has 0 atom stereocenters. The van der Waals surface area contributed by atoms with Crippen molar-refractivity contribution in [2.75, 3.05) is 26.2 Å². The Morgan fingerprint density at radius 2 is 1.78 bits per heavy atom. The highest BCUT2D eigenvalue weighted by molar-refractivity contribution is 5.76. The third-order valence-electron chi connectivity index (χ3n) is 6.05. The Labute approximate surface area is 161 Å². The number of likely N-dealkylation sites (tertiary alicyclic amines) is 1. The summed E-state index contributed by atoms with van der Waals surface area (Å²) < 4.78 is 0. The SMILES string of the molecule is O=C(CCN1CCC(c2cccc(O)c2)CC1)N1CCc2ccccc2C1. The topological polar surface area (TPSA) is 43.8 Å². The lowest BCUT2D eigenvalue weighted by atomic mass is 9.89. The molecule has 2 aromatic rings. The quantitative estimate of drug-likeness (QED) is 0.902. The fraction of sp³-hybridized carbons (Fsp3) is 0.435. The van der Waals surface area contributed by atoms with Crippen molar-refractivity contribution in [3.05, 3.63) is 65.2 Å². The second-order valence-corrected chi connectivity index (χ2v) is 7.79. The summed E-state index contributed by atoms with van der Waals surface area (Å²) in [7, 11) is 0. The maximum atomic E-state index is 12.6. The number of carbonyl (C=O) groups excluding carboxylic acids is 1. The lowest BCUT2D eigenvalue weighted by Crippen LogP contribution is -2.39. The van der Waals surface area contributed by atoms with Crippen molar-refractivity contribution in [3.8, 4) is 5.75 Å². The number of hydrogen-bond acceptors (Lipinski definition) is 3. The van der Waals surface area contributed by atoms with Crippen LogP contribution in [0.25, 0.3) is 0 Å². The smallest absolute Gasteiger partial charge is 0.224 e. The number of hydrogen-bond donors (Lipinski definition) is 1. The molecule has 1 N–H and O–H groups in total. The van der Waals surface area contributed by atoms with Gasteiger partial charge in [0.2, 0.25) is 5.91 Å². The zero-order valence-corrected chi connectivity index (χ0v) is 15.8. The molecule has 1 amide bonds. The number of rotatable bonds is 4. The number of phenols is 1. The van der Waals surface area contributed by atoms with Crippen LogP contribution in [0, 0.1) is 0 Å². The highest BCUT2D eigenvalue weighted by Gasteiger charge is 2.23. The fourth-order valence-electron chi connectivity index (χ4n) is 4.39. The van der Waals surface area contributed by atoms with Crippen molar-refractivity contribution in [2.24, 2.45) is 0 Å². The van der Waals surface area contributed by atoms with E-state index in [2.05, 4.69) is 35.2 Å². The average molecular weight is 364 g/mol. The summed E-state index contributed by atoms with van der Waals surface area (Å²) in [5.74, 6) is 1.14. The fourth-order valence-corrected chi connectivity index (χ4v) is 4.39. The summed E-state index contributed by atoms with van der Waals surface area (Å²) in [5, 5.41) is 9.67. The molecule has 4 rings (SSSR count). The highest BCUT2D eigenvalue weighted by Crippen LogP contribution is 2.30. The summed E-state index contributed by atoms with van der Waals surface area (Å²) >= 11 is 0. The maximum Gasteiger partial charge on any atom is 0.224 e. The lowest BCUT2D eigenvalue weighted by molar-refractivity contribution is -0.132. The molecule has 0 aromatic heterocycles. The van der Waals surface area contributed by atoms with Crippen molar-refractivity contribution < 1.29 is 9.90 Å². The second kappa shape index (κ2) is 8.13. The predicted molar refractivity (Wildman–Crippen MR) is 107 cm³/mol. The first-order valence-electron chi connectivity index (χ1n) is 10.0. The maximum absolute atomic E-state index is 12.6. The van der Waals surface area contributed by atoms with Crippen LogP contribution in [-0.4, -0.2) is 47.0 Å². The van der Waals surface area contributed by atoms with E-state index in [-0.39, 0.29) is 5.91 Å². The minimum absolute atomic E-state index is 0.277. The van der Waals surface area contributed by atoms with Crippen molar-refractivity contribution in [1.29, 1.82) is 0 Å². The van der Waals surface area contributed by atoms with Crippen LogP contribution in [0.15, 0.2) is 48.5 Å². The van der Waals surface area contributed by atoms with Crippen LogP contribution < -0.4 is 0 Å². The number of amides is 1. The summed E-state index contributed by atoms with van der Waals surface area (Å²) in [4.78, 5) is 17.1. The Morgan fingerprint density at radius 1 is 1.00 bits per heavy atom. The van der Waals surface area contributed by atoms with Gasteiger partial charge in [0, 0.05) is 26.1 Å². The zero-order valence-electron chi connectivity index (χ0n) is 15.8. The first-order chi connectivity index (χ1) is 13.2. The summed E-state index contributed by atoms with van der Waals surface area (Å²) in [6.07, 6.45) is 3.76. The molecule has 0 bridgehead atoms. The molecule has 0 radical (unpaired) electrons. The summed E-state index contributed by atoms with van der Waals surface area (Å²) in [6.45, 7) is 4.50. The lowest BCUT2D eigenvalue weighted by Gasteiger charge is -2.33. The molecular weight excluding hydrogens is 336 g/mol. The molecule has 2 aliphatic heterocycles. The minimum Gasteiger partial charge on any atom is -0.508 e. The van der Waals surface area contributed by atoms with Crippen LogP contribution in [0.1, 0.15) is 41.9 Å². The van der Waals surface area contributed by atoms with Gasteiger partial charge in [0.1, 0.15) is 5.75 Å². The van der Waals surface area contributed by atoms with E-state index >= 15 is 0 Å². The molecule has 2 heterocycles. The van der Waals surface area contributed by atoms with Gasteiger partial charge in [0.15, 0.2) is 0 Å². The Kier molecular flexibility index (Phi) is 5.44. The van der Waals surface area contributed by atoms with E-state index in [4.69, 9.17) is 0 Å². The third-order valence-corrected chi connectivity index (χ3v) is 6.05. The van der Waals surface area contributed by atoms with Gasteiger partial charge in [-0.2, -0.15) is 0 Å². The van der Waals surface area contributed by atoms with Crippen molar-refractivity contribution in [1.82, 2.24) is 9.80 Å². The molecule has 2 aromatic carbocycles. The molecule has 1 fully saturated rings. The van der Waals surface area contributed by atoms with E-state index in [1.165, 1.54) is 16.7 Å². The Hall–Kier alpha value is -2.33. The van der Waals surface area contributed by atoms with E-state index in [1.54, 1.807) is 6.07 Å².